The number of nitrogens with one attached hydrogen (secondary N) is 2. The van der Waals surface area contributed by atoms with E-state index >= 15 is 0 Å². The molecule has 10 nitrogen and oxygen atoms in total. The number of hydrogen-bond donors (Lipinski definition) is 6. The van der Waals surface area contributed by atoms with Crippen molar-refractivity contribution in [2.75, 3.05) is 12.4 Å². The second kappa shape index (κ2) is 16.7. The smallest absolute Gasteiger partial charge is 0.309 e. The van der Waals surface area contributed by atoms with E-state index in [4.69, 9.17) is 14.2 Å². The SMILES string of the molecule is CCC(CC1OC1C(NCc1ccc(NC2CC2)cc1)C(C)(O)C=CC=CC1OC(=O)CC(O)CCC(C)(O)C(O)C=CC1C)OC. The number of aliphatic hydroxyl groups is 4. The lowest BCUT2D eigenvalue weighted by atomic mass is 9.89. The third-order valence-electron chi connectivity index (χ3n) is 9.54. The van der Waals surface area contributed by atoms with Crippen molar-refractivity contribution in [1.82, 2.24) is 5.32 Å². The van der Waals surface area contributed by atoms with Gasteiger partial charge >= 0.3 is 5.97 Å². The van der Waals surface area contributed by atoms with Gasteiger partial charge in [0.05, 0.1) is 42.0 Å². The van der Waals surface area contributed by atoms with Crippen molar-refractivity contribution in [3.63, 3.8) is 0 Å². The topological polar surface area (TPSA) is 153 Å². The number of cyclic esters (lactones) is 1. The Hall–Kier alpha value is -2.57. The summed E-state index contributed by atoms with van der Waals surface area (Å²) >= 11 is 0. The van der Waals surface area contributed by atoms with Crippen molar-refractivity contribution < 1.29 is 39.4 Å². The molecule has 0 amide bonds. The largest absolute Gasteiger partial charge is 0.457 e. The van der Waals surface area contributed by atoms with E-state index in [1.54, 1.807) is 44.4 Å². The van der Waals surface area contributed by atoms with Crippen molar-refractivity contribution >= 4 is 11.7 Å². The fourth-order valence-electron chi connectivity index (χ4n) is 5.94. The highest BCUT2D eigenvalue weighted by atomic mass is 16.6. The van der Waals surface area contributed by atoms with Crippen LogP contribution in [-0.2, 0) is 25.5 Å². The van der Waals surface area contributed by atoms with Crippen molar-refractivity contribution in [3.8, 4) is 0 Å². The average Bonchev–Trinajstić information content (AvgIpc) is 3.97. The zero-order valence-electron chi connectivity index (χ0n) is 28.5. The number of methoxy groups -OCH3 is 1. The van der Waals surface area contributed by atoms with Gasteiger partial charge in [0.15, 0.2) is 0 Å². The summed E-state index contributed by atoms with van der Waals surface area (Å²) in [6.07, 6.45) is 11.2. The van der Waals surface area contributed by atoms with Gasteiger partial charge in [-0.15, -0.1) is 0 Å². The molecule has 1 aromatic carbocycles. The molecule has 2 aliphatic heterocycles. The number of ether oxygens (including phenoxy) is 3. The predicted octanol–water partition coefficient (Wildman–Crippen LogP) is 3.93. The summed E-state index contributed by atoms with van der Waals surface area (Å²) in [6.45, 7) is 7.73. The number of aliphatic hydroxyl groups excluding tert-OH is 2. The number of anilines is 1. The van der Waals surface area contributed by atoms with Crippen molar-refractivity contribution in [2.45, 2.75) is 139 Å². The standard InChI is InChI=1S/C37H56N2O8/c1-6-29(45-5)22-31-34(47-31)35(38-23-25-11-13-26(14-12-25)39-27-15-16-27)37(4,44)19-8-7-9-30-24(2)10-17-32(41)36(3,43)20-18-28(40)21-33(42)46-30/h7-14,17,19,24,27-32,34-35,38-41,43-44H,6,15-16,18,20-23H2,1-5H3. The van der Waals surface area contributed by atoms with Gasteiger partial charge in [-0.25, -0.2) is 0 Å². The van der Waals surface area contributed by atoms with Crippen LogP contribution in [-0.4, -0.2) is 93.4 Å². The Morgan fingerprint density at radius 1 is 1.15 bits per heavy atom. The molecule has 0 radical (unpaired) electrons. The molecule has 3 aliphatic rings. The number of benzene rings is 1. The zero-order chi connectivity index (χ0) is 34.2. The minimum absolute atomic E-state index is 0.0346. The molecule has 1 saturated heterocycles. The second-order valence-electron chi connectivity index (χ2n) is 14.0. The van der Waals surface area contributed by atoms with E-state index in [0.717, 1.165) is 24.1 Å². The second-order valence-corrected chi connectivity index (χ2v) is 14.0. The number of hydrogen-bond acceptors (Lipinski definition) is 10. The number of epoxide rings is 1. The maximum absolute atomic E-state index is 12.6. The molecule has 6 N–H and O–H groups in total. The lowest BCUT2D eigenvalue weighted by Gasteiger charge is -2.30. The molecule has 10 atom stereocenters. The van der Waals surface area contributed by atoms with Gasteiger partial charge in [0, 0.05) is 37.7 Å². The van der Waals surface area contributed by atoms with E-state index in [1.807, 2.05) is 6.92 Å². The summed E-state index contributed by atoms with van der Waals surface area (Å²) in [5.41, 5.74) is -0.520. The van der Waals surface area contributed by atoms with Gasteiger partial charge in [-0.05, 0) is 69.7 Å². The van der Waals surface area contributed by atoms with Gasteiger partial charge in [-0.1, -0.05) is 56.4 Å². The van der Waals surface area contributed by atoms with E-state index in [2.05, 4.69) is 41.8 Å². The van der Waals surface area contributed by atoms with Crippen LogP contribution in [0.25, 0.3) is 0 Å². The Bertz CT molecular complexity index is 1220. The first-order valence-corrected chi connectivity index (χ1v) is 17.1. The van der Waals surface area contributed by atoms with E-state index < -0.39 is 41.5 Å². The monoisotopic (exact) mass is 656 g/mol. The molecule has 0 spiro atoms. The van der Waals surface area contributed by atoms with Crippen LogP contribution in [0.5, 0.6) is 0 Å². The van der Waals surface area contributed by atoms with E-state index in [1.165, 1.54) is 25.8 Å². The minimum Gasteiger partial charge on any atom is -0.457 e. The molecule has 1 aromatic rings. The van der Waals surface area contributed by atoms with Gasteiger partial charge in [0.25, 0.3) is 0 Å². The maximum Gasteiger partial charge on any atom is 0.309 e. The third-order valence-corrected chi connectivity index (χ3v) is 9.54. The van der Waals surface area contributed by atoms with Crippen LogP contribution < -0.4 is 10.6 Å². The van der Waals surface area contributed by atoms with Crippen LogP contribution in [0, 0.1) is 5.92 Å². The Labute approximate surface area is 279 Å². The highest BCUT2D eigenvalue weighted by Gasteiger charge is 2.51. The van der Waals surface area contributed by atoms with Gasteiger partial charge < -0.3 is 45.3 Å². The van der Waals surface area contributed by atoms with Gasteiger partial charge in [-0.3, -0.25) is 4.79 Å². The molecule has 47 heavy (non-hydrogen) atoms. The summed E-state index contributed by atoms with van der Waals surface area (Å²) in [5.74, 6) is -0.887. The van der Waals surface area contributed by atoms with Gasteiger partial charge in [0.2, 0.25) is 0 Å². The highest BCUT2D eigenvalue weighted by Crippen LogP contribution is 2.36. The van der Waals surface area contributed by atoms with E-state index in [-0.39, 0.29) is 43.5 Å². The van der Waals surface area contributed by atoms with Crippen LogP contribution in [0.1, 0.15) is 78.2 Å². The Kier molecular flexibility index (Phi) is 13.2. The summed E-state index contributed by atoms with van der Waals surface area (Å²) in [6, 6.07) is 8.52. The van der Waals surface area contributed by atoms with Crippen molar-refractivity contribution in [2.24, 2.45) is 5.92 Å². The van der Waals surface area contributed by atoms with Crippen LogP contribution in [0.2, 0.25) is 0 Å². The first-order chi connectivity index (χ1) is 22.3. The molecule has 1 aliphatic carbocycles. The number of carbonyl (C=O) groups excluding carboxylic acids is 1. The number of carbonyl (C=O) groups is 1. The molecule has 10 heteroatoms. The quantitative estimate of drug-likeness (QED) is 0.0752. The molecule has 2 fully saturated rings. The maximum atomic E-state index is 12.6. The number of esters is 1. The van der Waals surface area contributed by atoms with Crippen molar-refractivity contribution in [3.05, 3.63) is 66.3 Å². The molecule has 4 rings (SSSR count). The summed E-state index contributed by atoms with van der Waals surface area (Å²) in [5, 5.41) is 50.3. The molecular formula is C37H56N2O8. The fraction of sp³-hybridized carbons (Fsp3) is 0.649. The summed E-state index contributed by atoms with van der Waals surface area (Å²) < 4.78 is 17.4. The molecule has 2 heterocycles. The predicted molar refractivity (Wildman–Crippen MR) is 182 cm³/mol. The van der Waals surface area contributed by atoms with Crippen LogP contribution >= 0.6 is 0 Å². The highest BCUT2D eigenvalue weighted by molar-refractivity contribution is 5.70. The molecular weight excluding hydrogens is 600 g/mol. The fourth-order valence-corrected chi connectivity index (χ4v) is 5.94. The zero-order valence-corrected chi connectivity index (χ0v) is 28.5. The summed E-state index contributed by atoms with van der Waals surface area (Å²) in [7, 11) is 1.71. The van der Waals surface area contributed by atoms with Crippen LogP contribution in [0.4, 0.5) is 5.69 Å². The minimum atomic E-state index is -1.44. The van der Waals surface area contributed by atoms with Crippen molar-refractivity contribution in [1.29, 1.82) is 0 Å². The average molecular weight is 657 g/mol. The molecule has 0 aromatic heterocycles. The van der Waals surface area contributed by atoms with Crippen LogP contribution in [0.15, 0.2) is 60.7 Å². The van der Waals surface area contributed by atoms with Gasteiger partial charge in [0.1, 0.15) is 18.3 Å². The van der Waals surface area contributed by atoms with E-state index in [9.17, 15) is 25.2 Å². The number of allylic oxidation sites excluding steroid dienone is 2. The lowest BCUT2D eigenvalue weighted by molar-refractivity contribution is -0.151. The van der Waals surface area contributed by atoms with E-state index in [0.29, 0.717) is 12.6 Å². The normalized spacial score (nSPS) is 33.1. The molecule has 1 saturated carbocycles. The van der Waals surface area contributed by atoms with Gasteiger partial charge in [-0.2, -0.15) is 0 Å². The Morgan fingerprint density at radius 3 is 2.53 bits per heavy atom. The molecule has 10 unspecified atom stereocenters. The third kappa shape index (κ3) is 11.5. The Balaban J connectivity index is 1.45. The summed E-state index contributed by atoms with van der Waals surface area (Å²) in [4.78, 5) is 12.6. The molecule has 262 valence electrons. The number of rotatable bonds is 14. The lowest BCUT2D eigenvalue weighted by Crippen LogP contribution is -2.51. The first-order valence-electron chi connectivity index (χ1n) is 17.1. The first kappa shape index (κ1) is 37.3. The Morgan fingerprint density at radius 2 is 1.87 bits per heavy atom. The van der Waals surface area contributed by atoms with Crippen LogP contribution in [0.3, 0.4) is 0 Å². The molecule has 0 bridgehead atoms.